The Morgan fingerprint density at radius 3 is 2.67 bits per heavy atom. The maximum Gasteiger partial charge on any atom is 0.255 e. The molecule has 0 aliphatic carbocycles. The van der Waals surface area contributed by atoms with E-state index in [0.717, 1.165) is 11.1 Å². The molecule has 0 spiro atoms. The number of halogens is 1. The first-order valence-electron chi connectivity index (χ1n) is 9.09. The van der Waals surface area contributed by atoms with Crippen molar-refractivity contribution in [1.82, 2.24) is 10.2 Å². The molecule has 1 N–H and O–H groups in total. The van der Waals surface area contributed by atoms with Gasteiger partial charge < -0.3 is 15.0 Å². The molecular formula is C21H23ClN2O3. The number of carbonyl (C=O) groups excluding carboxylic acids is 2. The van der Waals surface area contributed by atoms with Gasteiger partial charge in [0.2, 0.25) is 5.91 Å². The van der Waals surface area contributed by atoms with Crippen molar-refractivity contribution in [1.29, 1.82) is 0 Å². The Kier molecular flexibility index (Phi) is 6.48. The molecular weight excluding hydrogens is 364 g/mol. The predicted octanol–water partition coefficient (Wildman–Crippen LogP) is 3.41. The lowest BCUT2D eigenvalue weighted by Crippen LogP contribution is -2.47. The second-order valence-electron chi connectivity index (χ2n) is 6.48. The molecule has 2 aromatic rings. The van der Waals surface area contributed by atoms with Gasteiger partial charge >= 0.3 is 0 Å². The van der Waals surface area contributed by atoms with Gasteiger partial charge in [-0.05, 0) is 35.7 Å². The summed E-state index contributed by atoms with van der Waals surface area (Å²) in [5.74, 6) is -0.222. The highest BCUT2D eigenvalue weighted by Gasteiger charge is 2.34. The van der Waals surface area contributed by atoms with Gasteiger partial charge in [0.1, 0.15) is 6.04 Å². The molecule has 0 bridgehead atoms. The summed E-state index contributed by atoms with van der Waals surface area (Å²) < 4.78 is 5.58. The average Bonchev–Trinajstić information content (AvgIpc) is 3.00. The Bertz CT molecular complexity index is 807. The fourth-order valence-electron chi connectivity index (χ4n) is 3.21. The lowest BCUT2D eigenvalue weighted by molar-refractivity contribution is -0.126. The molecule has 0 saturated heterocycles. The van der Waals surface area contributed by atoms with Gasteiger partial charge in [0.25, 0.3) is 5.91 Å². The van der Waals surface area contributed by atoms with Gasteiger partial charge in [0, 0.05) is 23.7 Å². The summed E-state index contributed by atoms with van der Waals surface area (Å²) >= 11 is 5.85. The van der Waals surface area contributed by atoms with Gasteiger partial charge in [0.15, 0.2) is 0 Å². The minimum absolute atomic E-state index is 0.0772. The largest absolute Gasteiger partial charge is 0.375 e. The summed E-state index contributed by atoms with van der Waals surface area (Å²) in [6.45, 7) is 3.66. The maximum atomic E-state index is 12.6. The number of rotatable bonds is 8. The van der Waals surface area contributed by atoms with E-state index in [9.17, 15) is 9.59 Å². The molecule has 1 aliphatic rings. The molecule has 27 heavy (non-hydrogen) atoms. The van der Waals surface area contributed by atoms with E-state index in [4.69, 9.17) is 16.3 Å². The SMILES string of the molecule is CCC(C(=O)NCCOCc1ccc(Cl)cc1)N1Cc2ccccc2C1=O. The zero-order valence-electron chi connectivity index (χ0n) is 15.3. The fourth-order valence-corrected chi connectivity index (χ4v) is 3.34. The standard InChI is InChI=1S/C21H23ClN2O3/c1-2-19(24-13-16-5-3-4-6-18(16)21(24)26)20(25)23-11-12-27-14-15-7-9-17(22)10-8-15/h3-10,19H,2,11-14H2,1H3,(H,23,25). The van der Waals surface area contributed by atoms with E-state index in [2.05, 4.69) is 5.32 Å². The zero-order chi connectivity index (χ0) is 19.2. The number of nitrogens with one attached hydrogen (secondary N) is 1. The first-order chi connectivity index (χ1) is 13.1. The highest BCUT2D eigenvalue weighted by molar-refractivity contribution is 6.30. The summed E-state index contributed by atoms with van der Waals surface area (Å²) in [5.41, 5.74) is 2.69. The van der Waals surface area contributed by atoms with E-state index in [1.54, 1.807) is 4.90 Å². The number of nitrogens with zero attached hydrogens (tertiary/aromatic N) is 1. The van der Waals surface area contributed by atoms with Gasteiger partial charge in [-0.25, -0.2) is 0 Å². The molecule has 0 radical (unpaired) electrons. The van der Waals surface area contributed by atoms with Crippen LogP contribution in [0, 0.1) is 0 Å². The molecule has 6 heteroatoms. The van der Waals surface area contributed by atoms with E-state index in [0.29, 0.717) is 43.3 Å². The van der Waals surface area contributed by atoms with E-state index in [-0.39, 0.29) is 11.8 Å². The van der Waals surface area contributed by atoms with Gasteiger partial charge in [-0.15, -0.1) is 0 Å². The number of hydrogen-bond donors (Lipinski definition) is 1. The Hall–Kier alpha value is -2.37. The normalized spacial score (nSPS) is 14.1. The van der Waals surface area contributed by atoms with Crippen LogP contribution >= 0.6 is 11.6 Å². The minimum atomic E-state index is -0.471. The van der Waals surface area contributed by atoms with Crippen LogP contribution in [0.15, 0.2) is 48.5 Å². The second-order valence-corrected chi connectivity index (χ2v) is 6.92. The summed E-state index contributed by atoms with van der Waals surface area (Å²) in [6.07, 6.45) is 0.567. The molecule has 1 aliphatic heterocycles. The van der Waals surface area contributed by atoms with Crippen LogP contribution in [-0.4, -0.2) is 35.9 Å². The Morgan fingerprint density at radius 2 is 1.96 bits per heavy atom. The van der Waals surface area contributed by atoms with Gasteiger partial charge in [0.05, 0.1) is 13.2 Å². The number of ether oxygens (including phenoxy) is 1. The molecule has 1 atom stereocenters. The minimum Gasteiger partial charge on any atom is -0.375 e. The lowest BCUT2D eigenvalue weighted by atomic mass is 10.1. The quantitative estimate of drug-likeness (QED) is 0.707. The third-order valence-electron chi connectivity index (χ3n) is 4.64. The van der Waals surface area contributed by atoms with Crippen LogP contribution < -0.4 is 5.32 Å². The number of fused-ring (bicyclic) bond motifs is 1. The molecule has 0 aromatic heterocycles. The highest BCUT2D eigenvalue weighted by Crippen LogP contribution is 2.25. The Balaban J connectivity index is 1.45. The first kappa shape index (κ1) is 19.4. The Morgan fingerprint density at radius 1 is 1.22 bits per heavy atom. The maximum absolute atomic E-state index is 12.6. The van der Waals surface area contributed by atoms with Crippen molar-refractivity contribution < 1.29 is 14.3 Å². The van der Waals surface area contributed by atoms with E-state index in [1.165, 1.54) is 0 Å². The monoisotopic (exact) mass is 386 g/mol. The molecule has 3 rings (SSSR count). The van der Waals surface area contributed by atoms with Crippen LogP contribution in [0.5, 0.6) is 0 Å². The summed E-state index contributed by atoms with van der Waals surface area (Å²) in [6, 6.07) is 14.5. The summed E-state index contributed by atoms with van der Waals surface area (Å²) in [7, 11) is 0. The van der Waals surface area contributed by atoms with Crippen LogP contribution in [0.3, 0.4) is 0 Å². The van der Waals surface area contributed by atoms with E-state index >= 15 is 0 Å². The molecule has 0 saturated carbocycles. The lowest BCUT2D eigenvalue weighted by Gasteiger charge is -2.25. The van der Waals surface area contributed by atoms with Crippen LogP contribution in [0.25, 0.3) is 0 Å². The average molecular weight is 387 g/mol. The number of carbonyl (C=O) groups is 2. The van der Waals surface area contributed by atoms with Crippen molar-refractivity contribution in [3.63, 3.8) is 0 Å². The van der Waals surface area contributed by atoms with Crippen LogP contribution in [0.2, 0.25) is 5.02 Å². The van der Waals surface area contributed by atoms with Crippen LogP contribution in [0.1, 0.15) is 34.8 Å². The van der Waals surface area contributed by atoms with Gasteiger partial charge in [-0.3, -0.25) is 9.59 Å². The highest BCUT2D eigenvalue weighted by atomic mass is 35.5. The second kappa shape index (κ2) is 9.02. The van der Waals surface area contributed by atoms with Gasteiger partial charge in [-0.1, -0.05) is 48.9 Å². The topological polar surface area (TPSA) is 58.6 Å². The molecule has 1 unspecified atom stereocenters. The fraction of sp³-hybridized carbons (Fsp3) is 0.333. The zero-order valence-corrected chi connectivity index (χ0v) is 16.0. The van der Waals surface area contributed by atoms with Crippen LogP contribution in [0.4, 0.5) is 0 Å². The van der Waals surface area contributed by atoms with E-state index in [1.807, 2.05) is 55.5 Å². The predicted molar refractivity (Wildman–Crippen MR) is 105 cm³/mol. The van der Waals surface area contributed by atoms with Crippen molar-refractivity contribution in [3.8, 4) is 0 Å². The van der Waals surface area contributed by atoms with Crippen molar-refractivity contribution in [3.05, 3.63) is 70.2 Å². The Labute approximate surface area is 164 Å². The van der Waals surface area contributed by atoms with Crippen LogP contribution in [-0.2, 0) is 22.7 Å². The molecule has 0 fully saturated rings. The smallest absolute Gasteiger partial charge is 0.255 e. The van der Waals surface area contributed by atoms with Crippen molar-refractivity contribution in [2.24, 2.45) is 0 Å². The number of hydrogen-bond acceptors (Lipinski definition) is 3. The number of amides is 2. The van der Waals surface area contributed by atoms with Crippen molar-refractivity contribution in [2.45, 2.75) is 32.5 Å². The molecule has 1 heterocycles. The molecule has 2 amide bonds. The number of benzene rings is 2. The summed E-state index contributed by atoms with van der Waals surface area (Å²) in [4.78, 5) is 26.8. The molecule has 2 aromatic carbocycles. The molecule has 142 valence electrons. The summed E-state index contributed by atoms with van der Waals surface area (Å²) in [5, 5.41) is 3.56. The van der Waals surface area contributed by atoms with E-state index < -0.39 is 6.04 Å². The van der Waals surface area contributed by atoms with Crippen molar-refractivity contribution >= 4 is 23.4 Å². The van der Waals surface area contributed by atoms with Gasteiger partial charge in [-0.2, -0.15) is 0 Å². The molecule has 5 nitrogen and oxygen atoms in total. The first-order valence-corrected chi connectivity index (χ1v) is 9.46. The van der Waals surface area contributed by atoms with Crippen molar-refractivity contribution in [2.75, 3.05) is 13.2 Å². The third-order valence-corrected chi connectivity index (χ3v) is 4.89. The third kappa shape index (κ3) is 4.67.